The van der Waals surface area contributed by atoms with Crippen molar-refractivity contribution in [3.05, 3.63) is 0 Å². The molecule has 1 saturated carbocycles. The highest BCUT2D eigenvalue weighted by Crippen LogP contribution is 2.35. The Morgan fingerprint density at radius 3 is 2.45 bits per heavy atom. The van der Waals surface area contributed by atoms with Crippen LogP contribution in [0.1, 0.15) is 46.0 Å². The average molecular weight is 440 g/mol. The van der Waals surface area contributed by atoms with Crippen molar-refractivity contribution in [1.82, 2.24) is 10.2 Å². The van der Waals surface area contributed by atoms with E-state index in [4.69, 9.17) is 10.7 Å². The minimum Gasteiger partial charge on any atom is -0.370 e. The molecule has 6 heteroatoms. The van der Waals surface area contributed by atoms with Crippen LogP contribution in [-0.4, -0.2) is 54.1 Å². The first kappa shape index (κ1) is 20.4. The van der Waals surface area contributed by atoms with Gasteiger partial charge in [0, 0.05) is 36.7 Å². The predicted molar refractivity (Wildman–Crippen MR) is 109 cm³/mol. The molecule has 0 spiro atoms. The second kappa shape index (κ2) is 10.2. The highest BCUT2D eigenvalue weighted by Gasteiger charge is 2.38. The van der Waals surface area contributed by atoms with E-state index in [0.717, 1.165) is 13.1 Å². The lowest BCUT2D eigenvalue weighted by atomic mass is 9.80. The van der Waals surface area contributed by atoms with Crippen LogP contribution < -0.4 is 11.1 Å². The predicted octanol–water partition coefficient (Wildman–Crippen LogP) is 2.92. The third-order valence-electron chi connectivity index (χ3n) is 4.70. The van der Waals surface area contributed by atoms with Gasteiger partial charge in [-0.2, -0.15) is 11.8 Å². The third kappa shape index (κ3) is 6.07. The third-order valence-corrected chi connectivity index (χ3v) is 5.64. The Hall–Kier alpha value is 0.310. The smallest absolute Gasteiger partial charge is 0.188 e. The van der Waals surface area contributed by atoms with Gasteiger partial charge in [0.15, 0.2) is 5.96 Å². The number of nitrogens with zero attached hydrogens (tertiary/aromatic N) is 2. The Bertz CT molecular complexity index is 337. The van der Waals surface area contributed by atoms with Crippen LogP contribution in [0.4, 0.5) is 0 Å². The summed E-state index contributed by atoms with van der Waals surface area (Å²) in [5.41, 5.74) is 6.32. The van der Waals surface area contributed by atoms with E-state index in [-0.39, 0.29) is 29.5 Å². The molecule has 2 rings (SSSR count). The molecule has 2 aliphatic rings. The molecule has 0 radical (unpaired) electrons. The van der Waals surface area contributed by atoms with E-state index in [0.29, 0.717) is 11.9 Å². The standard InChI is InChI=1S/C16H32N4S.HI/c1-14(2)12-18-15(17)19-13-16(6-4-3-5-7-16)20-8-10-21-11-9-20;/h14H,3-13H2,1-2H3,(H3,17,18,19);1H. The van der Waals surface area contributed by atoms with Gasteiger partial charge in [-0.05, 0) is 18.8 Å². The van der Waals surface area contributed by atoms with Crippen molar-refractivity contribution in [2.45, 2.75) is 51.5 Å². The number of hydrogen-bond donors (Lipinski definition) is 2. The summed E-state index contributed by atoms with van der Waals surface area (Å²) in [7, 11) is 0. The largest absolute Gasteiger partial charge is 0.370 e. The molecule has 22 heavy (non-hydrogen) atoms. The number of halogens is 1. The number of nitrogens with two attached hydrogens (primary N) is 1. The van der Waals surface area contributed by atoms with Crippen molar-refractivity contribution in [3.8, 4) is 0 Å². The number of aliphatic imine (C=N–C) groups is 1. The molecule has 1 aliphatic carbocycles. The summed E-state index contributed by atoms with van der Waals surface area (Å²) in [5.74, 6) is 3.76. The summed E-state index contributed by atoms with van der Waals surface area (Å²) in [4.78, 5) is 7.41. The molecule has 0 unspecified atom stereocenters. The Morgan fingerprint density at radius 1 is 1.23 bits per heavy atom. The van der Waals surface area contributed by atoms with Gasteiger partial charge in [0.1, 0.15) is 0 Å². The van der Waals surface area contributed by atoms with E-state index in [9.17, 15) is 0 Å². The van der Waals surface area contributed by atoms with Crippen LogP contribution in [0.25, 0.3) is 0 Å². The molecule has 0 bridgehead atoms. The fourth-order valence-corrected chi connectivity index (χ4v) is 4.32. The summed E-state index contributed by atoms with van der Waals surface area (Å²) in [6, 6.07) is 0. The maximum absolute atomic E-state index is 6.04. The van der Waals surface area contributed by atoms with Crippen LogP contribution in [0.5, 0.6) is 0 Å². The molecule has 1 heterocycles. The highest BCUT2D eigenvalue weighted by atomic mass is 127. The van der Waals surface area contributed by atoms with Gasteiger partial charge in [0.25, 0.3) is 0 Å². The maximum Gasteiger partial charge on any atom is 0.188 e. The number of nitrogens with one attached hydrogen (secondary N) is 1. The Kier molecular flexibility index (Phi) is 9.47. The number of thioether (sulfide) groups is 1. The molecule has 3 N–H and O–H groups in total. The van der Waals surface area contributed by atoms with Gasteiger partial charge < -0.3 is 11.1 Å². The Morgan fingerprint density at radius 2 is 1.86 bits per heavy atom. The Balaban J connectivity index is 0.00000242. The molecule has 0 amide bonds. The van der Waals surface area contributed by atoms with Crippen molar-refractivity contribution >= 4 is 41.7 Å². The highest BCUT2D eigenvalue weighted by molar-refractivity contribution is 14.0. The molecule has 2 fully saturated rings. The van der Waals surface area contributed by atoms with Crippen LogP contribution in [0.3, 0.4) is 0 Å². The Labute approximate surface area is 157 Å². The molecule has 0 atom stereocenters. The van der Waals surface area contributed by atoms with Gasteiger partial charge in [-0.15, -0.1) is 24.0 Å². The average Bonchev–Trinajstić information content (AvgIpc) is 2.52. The van der Waals surface area contributed by atoms with E-state index >= 15 is 0 Å². The van der Waals surface area contributed by atoms with Gasteiger partial charge in [0.2, 0.25) is 0 Å². The molecular formula is C16H33IN4S. The quantitative estimate of drug-likeness (QED) is 0.392. The molecule has 0 aromatic carbocycles. The van der Waals surface area contributed by atoms with Crippen molar-refractivity contribution < 1.29 is 0 Å². The summed E-state index contributed by atoms with van der Waals surface area (Å²) in [6.45, 7) is 8.60. The van der Waals surface area contributed by atoms with Crippen molar-refractivity contribution in [3.63, 3.8) is 0 Å². The summed E-state index contributed by atoms with van der Waals surface area (Å²) in [5, 5.41) is 3.25. The van der Waals surface area contributed by atoms with E-state index in [1.807, 2.05) is 0 Å². The number of guanidine groups is 1. The van der Waals surface area contributed by atoms with E-state index < -0.39 is 0 Å². The normalized spacial score (nSPS) is 23.1. The van der Waals surface area contributed by atoms with E-state index in [1.54, 1.807) is 0 Å². The summed E-state index contributed by atoms with van der Waals surface area (Å²) in [6.07, 6.45) is 6.66. The van der Waals surface area contributed by atoms with Gasteiger partial charge >= 0.3 is 0 Å². The number of rotatable bonds is 5. The minimum absolute atomic E-state index is 0. The zero-order valence-corrected chi connectivity index (χ0v) is 17.3. The summed E-state index contributed by atoms with van der Waals surface area (Å²) >= 11 is 2.08. The van der Waals surface area contributed by atoms with E-state index in [1.165, 1.54) is 56.7 Å². The van der Waals surface area contributed by atoms with Crippen LogP contribution in [0.2, 0.25) is 0 Å². The first-order valence-electron chi connectivity index (χ1n) is 8.49. The fourth-order valence-electron chi connectivity index (χ4n) is 3.42. The lowest BCUT2D eigenvalue weighted by molar-refractivity contribution is 0.0672. The molecular weight excluding hydrogens is 407 g/mol. The minimum atomic E-state index is 0. The van der Waals surface area contributed by atoms with Crippen LogP contribution in [0, 0.1) is 5.92 Å². The van der Waals surface area contributed by atoms with Gasteiger partial charge in [0.05, 0.1) is 6.54 Å². The second-order valence-corrected chi connectivity index (χ2v) is 8.09. The van der Waals surface area contributed by atoms with Crippen LogP contribution in [-0.2, 0) is 0 Å². The van der Waals surface area contributed by atoms with Crippen molar-refractivity contribution in [1.29, 1.82) is 0 Å². The topological polar surface area (TPSA) is 53.6 Å². The fraction of sp³-hybridized carbons (Fsp3) is 0.938. The van der Waals surface area contributed by atoms with Gasteiger partial charge in [-0.3, -0.25) is 9.89 Å². The van der Waals surface area contributed by atoms with Crippen LogP contribution >= 0.6 is 35.7 Å². The molecule has 130 valence electrons. The lowest BCUT2D eigenvalue weighted by Gasteiger charge is -2.47. The summed E-state index contributed by atoms with van der Waals surface area (Å²) < 4.78 is 0. The second-order valence-electron chi connectivity index (χ2n) is 6.86. The first-order chi connectivity index (χ1) is 10.1. The maximum atomic E-state index is 6.04. The van der Waals surface area contributed by atoms with Gasteiger partial charge in [-0.1, -0.05) is 33.1 Å². The first-order valence-corrected chi connectivity index (χ1v) is 9.64. The zero-order valence-electron chi connectivity index (χ0n) is 14.1. The molecule has 0 aromatic rings. The molecule has 1 saturated heterocycles. The molecule has 0 aromatic heterocycles. The van der Waals surface area contributed by atoms with Crippen LogP contribution in [0.15, 0.2) is 4.99 Å². The monoisotopic (exact) mass is 440 g/mol. The van der Waals surface area contributed by atoms with Crippen molar-refractivity contribution in [2.24, 2.45) is 16.6 Å². The SMILES string of the molecule is CC(C)CNC(N)=NCC1(N2CCSCC2)CCCCC1.I. The van der Waals surface area contributed by atoms with E-state index in [2.05, 4.69) is 35.8 Å². The van der Waals surface area contributed by atoms with Crippen molar-refractivity contribution in [2.75, 3.05) is 37.7 Å². The zero-order chi connectivity index (χ0) is 15.1. The number of hydrogen-bond acceptors (Lipinski definition) is 3. The molecule has 4 nitrogen and oxygen atoms in total. The van der Waals surface area contributed by atoms with Gasteiger partial charge in [-0.25, -0.2) is 0 Å². The molecule has 1 aliphatic heterocycles. The lowest BCUT2D eigenvalue weighted by Crippen LogP contribution is -2.55.